The number of aliphatic hydroxyl groups excluding tert-OH is 1. The van der Waals surface area contributed by atoms with Crippen LogP contribution in [0.5, 0.6) is 11.5 Å². The van der Waals surface area contributed by atoms with Crippen LogP contribution in [0.3, 0.4) is 0 Å². The fourth-order valence-electron chi connectivity index (χ4n) is 2.74. The van der Waals surface area contributed by atoms with E-state index in [1.807, 2.05) is 0 Å². The molecule has 6 heteroatoms. The van der Waals surface area contributed by atoms with Gasteiger partial charge in [0, 0.05) is 25.3 Å². The van der Waals surface area contributed by atoms with Crippen molar-refractivity contribution in [1.82, 2.24) is 0 Å². The zero-order valence-corrected chi connectivity index (χ0v) is 13.6. The molecule has 3 N–H and O–H groups in total. The van der Waals surface area contributed by atoms with Crippen LogP contribution in [0.1, 0.15) is 54.9 Å². The number of aromatic hydroxyl groups is 2. The maximum absolute atomic E-state index is 12.3. The lowest BCUT2D eigenvalue weighted by Gasteiger charge is -2.18. The third-order valence-corrected chi connectivity index (χ3v) is 3.84. The van der Waals surface area contributed by atoms with Gasteiger partial charge in [-0.2, -0.15) is 0 Å². The second-order valence-corrected chi connectivity index (χ2v) is 6.07. The first kappa shape index (κ1) is 18.0. The zero-order chi connectivity index (χ0) is 17.7. The third kappa shape index (κ3) is 4.83. The average molecular weight is 334 g/mol. The molecule has 0 saturated carbocycles. The number of benzene rings is 1. The molecular formula is C18H22O6. The molecule has 1 aromatic carbocycles. The molecular weight excluding hydrogens is 312 g/mol. The van der Waals surface area contributed by atoms with Gasteiger partial charge in [-0.1, -0.05) is 12.2 Å². The Morgan fingerprint density at radius 1 is 1.21 bits per heavy atom. The van der Waals surface area contributed by atoms with Crippen molar-refractivity contribution < 1.29 is 29.6 Å². The van der Waals surface area contributed by atoms with Gasteiger partial charge >= 0.3 is 5.97 Å². The number of allylic oxidation sites excluding steroid dienone is 1. The number of aliphatic hydroxyl groups is 1. The lowest BCUT2D eigenvalue weighted by atomic mass is 10.0. The number of hydrogen-bond donors (Lipinski definition) is 3. The monoisotopic (exact) mass is 334 g/mol. The Morgan fingerprint density at radius 3 is 2.71 bits per heavy atom. The number of carbonyl (C=O) groups is 2. The standard InChI is InChI=1S/C18H22O6/c1-11-7-14(20)9-13(19)6-4-2-3-5-12-8-15(21)10-16(22)17(12)18(23)24-11/h3,5,8,10-11,14,20-22H,2,4,6-7,9H2,1H3/t11-,14-/m1/s1. The van der Waals surface area contributed by atoms with E-state index in [4.69, 9.17) is 4.74 Å². The maximum atomic E-state index is 12.3. The number of cyclic esters (lactones) is 1. The average Bonchev–Trinajstić information content (AvgIpc) is 2.44. The Bertz CT molecular complexity index is 649. The molecule has 1 heterocycles. The van der Waals surface area contributed by atoms with Crippen LogP contribution in [0.15, 0.2) is 18.2 Å². The van der Waals surface area contributed by atoms with E-state index < -0.39 is 18.2 Å². The number of rotatable bonds is 0. The smallest absolute Gasteiger partial charge is 0.342 e. The van der Waals surface area contributed by atoms with Crippen molar-refractivity contribution >= 4 is 17.8 Å². The fourth-order valence-corrected chi connectivity index (χ4v) is 2.74. The number of esters is 1. The van der Waals surface area contributed by atoms with Crippen LogP contribution in [0, 0.1) is 0 Å². The highest BCUT2D eigenvalue weighted by atomic mass is 16.5. The molecule has 0 aliphatic carbocycles. The molecule has 130 valence electrons. The predicted molar refractivity (Wildman–Crippen MR) is 87.8 cm³/mol. The van der Waals surface area contributed by atoms with E-state index in [0.717, 1.165) is 6.07 Å². The molecule has 6 nitrogen and oxygen atoms in total. The van der Waals surface area contributed by atoms with E-state index in [1.165, 1.54) is 6.07 Å². The number of ether oxygens (including phenoxy) is 1. The summed E-state index contributed by atoms with van der Waals surface area (Å²) >= 11 is 0. The molecule has 1 aliphatic heterocycles. The van der Waals surface area contributed by atoms with Crippen LogP contribution < -0.4 is 0 Å². The summed E-state index contributed by atoms with van der Waals surface area (Å²) < 4.78 is 5.26. The van der Waals surface area contributed by atoms with Crippen molar-refractivity contribution in [1.29, 1.82) is 0 Å². The summed E-state index contributed by atoms with van der Waals surface area (Å²) in [7, 11) is 0. The first-order valence-corrected chi connectivity index (χ1v) is 8.00. The van der Waals surface area contributed by atoms with Crippen molar-refractivity contribution in [2.45, 2.75) is 51.2 Å². The van der Waals surface area contributed by atoms with Crippen LogP contribution in [0.25, 0.3) is 6.08 Å². The molecule has 2 rings (SSSR count). The first-order valence-electron chi connectivity index (χ1n) is 8.00. The normalized spacial score (nSPS) is 23.2. The van der Waals surface area contributed by atoms with E-state index in [-0.39, 0.29) is 35.7 Å². The SMILES string of the molecule is C[C@@H]1C[C@@H](O)CC(=O)CCCC=Cc2cc(O)cc(O)c2C(=O)O1. The molecule has 0 unspecified atom stereocenters. The summed E-state index contributed by atoms with van der Waals surface area (Å²) in [5, 5.41) is 29.5. The van der Waals surface area contributed by atoms with Gasteiger partial charge < -0.3 is 20.1 Å². The Balaban J connectivity index is 2.34. The number of phenolic OH excluding ortho intramolecular Hbond substituents is 2. The Morgan fingerprint density at radius 2 is 1.96 bits per heavy atom. The number of phenols is 2. The number of hydrogen-bond acceptors (Lipinski definition) is 6. The Kier molecular flexibility index (Phi) is 5.98. The molecule has 0 amide bonds. The predicted octanol–water partition coefficient (Wildman–Crippen LogP) is 2.55. The highest BCUT2D eigenvalue weighted by Crippen LogP contribution is 2.30. The highest BCUT2D eigenvalue weighted by Gasteiger charge is 2.22. The van der Waals surface area contributed by atoms with Gasteiger partial charge in [0.2, 0.25) is 0 Å². The Hall–Kier alpha value is -2.34. The van der Waals surface area contributed by atoms with Crippen LogP contribution in [0.2, 0.25) is 0 Å². The number of Topliss-reactive ketones (excluding diaryl/α,β-unsaturated/α-hetero) is 1. The van der Waals surface area contributed by atoms with E-state index in [9.17, 15) is 24.9 Å². The lowest BCUT2D eigenvalue weighted by Crippen LogP contribution is -2.23. The van der Waals surface area contributed by atoms with Gasteiger partial charge in [-0.15, -0.1) is 0 Å². The highest BCUT2D eigenvalue weighted by molar-refractivity contribution is 5.97. The molecule has 0 radical (unpaired) electrons. The van der Waals surface area contributed by atoms with E-state index in [1.54, 1.807) is 19.1 Å². The summed E-state index contributed by atoms with van der Waals surface area (Å²) in [4.78, 5) is 24.1. The molecule has 2 atom stereocenters. The summed E-state index contributed by atoms with van der Waals surface area (Å²) in [6, 6.07) is 2.44. The molecule has 24 heavy (non-hydrogen) atoms. The minimum absolute atomic E-state index is 0.0258. The van der Waals surface area contributed by atoms with Crippen LogP contribution in [-0.4, -0.2) is 39.3 Å². The topological polar surface area (TPSA) is 104 Å². The van der Waals surface area contributed by atoms with Crippen molar-refractivity contribution in [2.24, 2.45) is 0 Å². The molecule has 0 bridgehead atoms. The summed E-state index contributed by atoms with van der Waals surface area (Å²) in [6.07, 6.45) is 3.68. The van der Waals surface area contributed by atoms with Gasteiger partial charge in [0.1, 0.15) is 28.9 Å². The van der Waals surface area contributed by atoms with Gasteiger partial charge in [-0.25, -0.2) is 4.79 Å². The summed E-state index contributed by atoms with van der Waals surface area (Å²) in [5.74, 6) is -1.30. The summed E-state index contributed by atoms with van der Waals surface area (Å²) in [6.45, 7) is 1.62. The minimum Gasteiger partial charge on any atom is -0.508 e. The van der Waals surface area contributed by atoms with Gasteiger partial charge in [-0.3, -0.25) is 4.79 Å². The number of ketones is 1. The van der Waals surface area contributed by atoms with Gasteiger partial charge in [0.25, 0.3) is 0 Å². The van der Waals surface area contributed by atoms with Crippen LogP contribution >= 0.6 is 0 Å². The van der Waals surface area contributed by atoms with Crippen molar-refractivity contribution in [3.8, 4) is 11.5 Å². The van der Waals surface area contributed by atoms with Crippen LogP contribution in [-0.2, 0) is 9.53 Å². The van der Waals surface area contributed by atoms with Gasteiger partial charge in [0.05, 0.1) is 6.10 Å². The van der Waals surface area contributed by atoms with Crippen molar-refractivity contribution in [2.75, 3.05) is 0 Å². The molecule has 0 spiro atoms. The van der Waals surface area contributed by atoms with Gasteiger partial charge in [-0.05, 0) is 31.4 Å². The molecule has 1 aliphatic rings. The number of fused-ring (bicyclic) bond motifs is 1. The second kappa shape index (κ2) is 7.97. The van der Waals surface area contributed by atoms with Crippen molar-refractivity contribution in [3.63, 3.8) is 0 Å². The van der Waals surface area contributed by atoms with Crippen molar-refractivity contribution in [3.05, 3.63) is 29.3 Å². The van der Waals surface area contributed by atoms with Gasteiger partial charge in [0.15, 0.2) is 0 Å². The first-order chi connectivity index (χ1) is 11.4. The van der Waals surface area contributed by atoms with E-state index in [0.29, 0.717) is 24.8 Å². The summed E-state index contributed by atoms with van der Waals surface area (Å²) in [5.41, 5.74) is 0.312. The quantitative estimate of drug-likeness (QED) is 0.630. The fraction of sp³-hybridized carbons (Fsp3) is 0.444. The Labute approximate surface area is 140 Å². The molecule has 1 aromatic rings. The molecule has 0 saturated heterocycles. The number of carbonyl (C=O) groups excluding carboxylic acids is 2. The third-order valence-electron chi connectivity index (χ3n) is 3.84. The molecule has 0 aromatic heterocycles. The van der Waals surface area contributed by atoms with Crippen LogP contribution in [0.4, 0.5) is 0 Å². The molecule has 0 fully saturated rings. The van der Waals surface area contributed by atoms with E-state index in [2.05, 4.69) is 0 Å². The largest absolute Gasteiger partial charge is 0.508 e. The minimum atomic E-state index is -0.869. The zero-order valence-electron chi connectivity index (χ0n) is 13.6. The lowest BCUT2D eigenvalue weighted by molar-refractivity contribution is -0.121. The second-order valence-electron chi connectivity index (χ2n) is 6.07. The van der Waals surface area contributed by atoms with E-state index >= 15 is 0 Å². The maximum Gasteiger partial charge on any atom is 0.342 e.